The average Bonchev–Trinajstić information content (AvgIpc) is 3.29. The maximum absolute atomic E-state index is 12.5. The molecule has 0 radical (unpaired) electrons. The van der Waals surface area contributed by atoms with Gasteiger partial charge in [-0.1, -0.05) is 23.5 Å². The first-order valence-electron chi connectivity index (χ1n) is 10.8. The molecule has 4 N–H and O–H groups in total. The van der Waals surface area contributed by atoms with Gasteiger partial charge in [-0.05, 0) is 79.0 Å². The molecule has 0 unspecified atom stereocenters. The van der Waals surface area contributed by atoms with E-state index in [2.05, 4.69) is 26.3 Å². The fraction of sp³-hybridized carbons (Fsp3) is 0.0800. The molecule has 0 aliphatic heterocycles. The van der Waals surface area contributed by atoms with Crippen molar-refractivity contribution in [2.24, 2.45) is 0 Å². The van der Waals surface area contributed by atoms with Crippen LogP contribution in [0.15, 0.2) is 66.7 Å². The van der Waals surface area contributed by atoms with Crippen molar-refractivity contribution in [1.82, 2.24) is 15.6 Å². The molecular formula is C25H21N5O4S3. The number of carbonyl (C=O) groups is 2. The molecule has 1 heterocycles. The normalized spacial score (nSPS) is 10.3. The molecule has 0 spiro atoms. The summed E-state index contributed by atoms with van der Waals surface area (Å²) in [7, 11) is 3.06. The van der Waals surface area contributed by atoms with Gasteiger partial charge in [-0.25, -0.2) is 4.98 Å². The highest BCUT2D eigenvalue weighted by atomic mass is 32.1. The third-order valence-electron chi connectivity index (χ3n) is 4.98. The summed E-state index contributed by atoms with van der Waals surface area (Å²) in [5.74, 6) is 0.423. The van der Waals surface area contributed by atoms with Crippen molar-refractivity contribution in [2.75, 3.05) is 24.9 Å². The average molecular weight is 552 g/mol. The molecule has 37 heavy (non-hydrogen) atoms. The van der Waals surface area contributed by atoms with Crippen molar-refractivity contribution in [3.8, 4) is 11.5 Å². The lowest BCUT2D eigenvalue weighted by molar-refractivity contribution is 0.0969. The lowest BCUT2D eigenvalue weighted by Gasteiger charge is -2.10. The summed E-state index contributed by atoms with van der Waals surface area (Å²) in [5.41, 5.74) is 2.24. The van der Waals surface area contributed by atoms with Gasteiger partial charge in [0, 0.05) is 16.8 Å². The second-order valence-electron chi connectivity index (χ2n) is 7.48. The molecule has 9 nitrogen and oxygen atoms in total. The molecule has 0 aliphatic rings. The number of thiazole rings is 1. The molecule has 0 bridgehead atoms. The van der Waals surface area contributed by atoms with E-state index >= 15 is 0 Å². The fourth-order valence-corrected chi connectivity index (χ4v) is 4.60. The Hall–Kier alpha value is -4.13. The van der Waals surface area contributed by atoms with Crippen LogP contribution in [0.4, 0.5) is 10.8 Å². The summed E-state index contributed by atoms with van der Waals surface area (Å²) in [4.78, 5) is 29.4. The number of anilines is 2. The van der Waals surface area contributed by atoms with Crippen LogP contribution >= 0.6 is 35.8 Å². The molecule has 4 aromatic rings. The maximum atomic E-state index is 12.5. The molecule has 4 rings (SSSR count). The first kappa shape index (κ1) is 25.9. The van der Waals surface area contributed by atoms with Gasteiger partial charge in [-0.3, -0.25) is 20.2 Å². The zero-order valence-corrected chi connectivity index (χ0v) is 22.1. The summed E-state index contributed by atoms with van der Waals surface area (Å²) >= 11 is 11.9. The minimum Gasteiger partial charge on any atom is -0.497 e. The van der Waals surface area contributed by atoms with Crippen LogP contribution < -0.4 is 30.7 Å². The Morgan fingerprint density at radius 2 is 1.35 bits per heavy atom. The van der Waals surface area contributed by atoms with Gasteiger partial charge in [0.25, 0.3) is 11.8 Å². The van der Waals surface area contributed by atoms with Gasteiger partial charge < -0.3 is 20.1 Å². The smallest absolute Gasteiger partial charge is 0.257 e. The summed E-state index contributed by atoms with van der Waals surface area (Å²) in [6.45, 7) is 0. The van der Waals surface area contributed by atoms with E-state index in [9.17, 15) is 9.59 Å². The van der Waals surface area contributed by atoms with Crippen LogP contribution in [0.2, 0.25) is 0 Å². The number of thiocarbonyl (C=S) groups is 2. The zero-order chi connectivity index (χ0) is 26.4. The lowest BCUT2D eigenvalue weighted by atomic mass is 10.2. The van der Waals surface area contributed by atoms with Crippen LogP contribution in [0.1, 0.15) is 20.7 Å². The second kappa shape index (κ2) is 11.7. The largest absolute Gasteiger partial charge is 0.497 e. The number of hydrogen-bond donors (Lipinski definition) is 4. The predicted molar refractivity (Wildman–Crippen MR) is 153 cm³/mol. The maximum Gasteiger partial charge on any atom is 0.257 e. The number of nitrogens with one attached hydrogen (secondary N) is 4. The van der Waals surface area contributed by atoms with E-state index in [0.29, 0.717) is 33.4 Å². The molecular weight excluding hydrogens is 531 g/mol. The van der Waals surface area contributed by atoms with Crippen LogP contribution in [-0.2, 0) is 0 Å². The predicted octanol–water partition coefficient (Wildman–Crippen LogP) is 4.57. The molecule has 0 aliphatic carbocycles. The van der Waals surface area contributed by atoms with E-state index in [1.807, 2.05) is 12.1 Å². The third kappa shape index (κ3) is 6.76. The van der Waals surface area contributed by atoms with Crippen molar-refractivity contribution in [3.63, 3.8) is 0 Å². The number of benzene rings is 3. The highest BCUT2D eigenvalue weighted by Crippen LogP contribution is 2.28. The fourth-order valence-electron chi connectivity index (χ4n) is 3.23. The quantitative estimate of drug-likeness (QED) is 0.256. The van der Waals surface area contributed by atoms with Crippen molar-refractivity contribution in [2.45, 2.75) is 0 Å². The topological polar surface area (TPSA) is 114 Å². The van der Waals surface area contributed by atoms with Crippen LogP contribution in [0.5, 0.6) is 11.5 Å². The number of carbonyl (C=O) groups excluding carboxylic acids is 2. The molecule has 1 aromatic heterocycles. The zero-order valence-electron chi connectivity index (χ0n) is 19.7. The van der Waals surface area contributed by atoms with Gasteiger partial charge in [-0.15, -0.1) is 0 Å². The Labute approximate surface area is 227 Å². The van der Waals surface area contributed by atoms with Gasteiger partial charge in [0.2, 0.25) is 0 Å². The second-order valence-corrected chi connectivity index (χ2v) is 9.33. The van der Waals surface area contributed by atoms with E-state index in [1.165, 1.54) is 25.6 Å². The van der Waals surface area contributed by atoms with E-state index in [-0.39, 0.29) is 22.0 Å². The lowest BCUT2D eigenvalue weighted by Crippen LogP contribution is -2.34. The van der Waals surface area contributed by atoms with Gasteiger partial charge >= 0.3 is 0 Å². The van der Waals surface area contributed by atoms with Crippen LogP contribution in [0, 0.1) is 0 Å². The first-order chi connectivity index (χ1) is 17.8. The Morgan fingerprint density at radius 1 is 0.784 bits per heavy atom. The number of amides is 2. The van der Waals surface area contributed by atoms with E-state index in [1.54, 1.807) is 54.6 Å². The number of fused-ring (bicyclic) bond motifs is 1. The van der Waals surface area contributed by atoms with Gasteiger partial charge in [0.05, 0.1) is 24.4 Å². The third-order valence-corrected chi connectivity index (χ3v) is 6.33. The number of methoxy groups -OCH3 is 2. The molecule has 0 fully saturated rings. The number of ether oxygens (including phenoxy) is 2. The highest BCUT2D eigenvalue weighted by molar-refractivity contribution is 7.80. The number of nitrogens with zero attached hydrogens (tertiary/aromatic N) is 1. The Morgan fingerprint density at radius 3 is 1.92 bits per heavy atom. The minimum atomic E-state index is -0.367. The number of aromatic nitrogens is 1. The van der Waals surface area contributed by atoms with Crippen LogP contribution in [0.25, 0.3) is 10.2 Å². The summed E-state index contributed by atoms with van der Waals surface area (Å²) in [6, 6.07) is 19.0. The van der Waals surface area contributed by atoms with Gasteiger partial charge in [0.15, 0.2) is 15.4 Å². The summed E-state index contributed by atoms with van der Waals surface area (Å²) < 4.78 is 11.1. The Kier molecular flexibility index (Phi) is 8.23. The number of hydrogen-bond acceptors (Lipinski definition) is 8. The van der Waals surface area contributed by atoms with Crippen molar-refractivity contribution in [3.05, 3.63) is 77.9 Å². The molecule has 0 saturated heterocycles. The SMILES string of the molecule is COc1cccc(C(=O)NC(=S)Nc2ccc3nc(NC(=S)NC(=O)c4cccc(OC)c4)sc3c2)c1. The molecule has 12 heteroatoms. The Bertz CT molecular complexity index is 1430. The van der Waals surface area contributed by atoms with Crippen molar-refractivity contribution in [1.29, 1.82) is 0 Å². The van der Waals surface area contributed by atoms with E-state index in [4.69, 9.17) is 33.9 Å². The molecule has 188 valence electrons. The van der Waals surface area contributed by atoms with Crippen molar-refractivity contribution >= 4 is 78.8 Å². The summed E-state index contributed by atoms with van der Waals surface area (Å²) in [6.07, 6.45) is 0. The minimum absolute atomic E-state index is 0.117. The molecule has 0 atom stereocenters. The molecule has 0 saturated carbocycles. The molecule has 2 amide bonds. The van der Waals surface area contributed by atoms with Crippen LogP contribution in [-0.4, -0.2) is 41.2 Å². The molecule has 3 aromatic carbocycles. The number of rotatable bonds is 6. The van der Waals surface area contributed by atoms with Crippen LogP contribution in [0.3, 0.4) is 0 Å². The monoisotopic (exact) mass is 551 g/mol. The van der Waals surface area contributed by atoms with Gasteiger partial charge in [-0.2, -0.15) is 0 Å². The van der Waals surface area contributed by atoms with E-state index < -0.39 is 0 Å². The van der Waals surface area contributed by atoms with Crippen molar-refractivity contribution < 1.29 is 19.1 Å². The first-order valence-corrected chi connectivity index (χ1v) is 12.4. The summed E-state index contributed by atoms with van der Waals surface area (Å²) in [5, 5.41) is 12.0. The van der Waals surface area contributed by atoms with Gasteiger partial charge in [0.1, 0.15) is 11.5 Å². The standard InChI is InChI=1S/C25H21N5O4S3/c1-33-17-7-3-5-14(11-17)21(31)28-23(35)26-16-9-10-19-20(13-16)37-25(27-19)30-24(36)29-22(32)15-6-4-8-18(12-15)34-2/h3-13H,1-2H3,(H2,26,28,31,35)(H2,27,29,30,32,36). The highest BCUT2D eigenvalue weighted by Gasteiger charge is 2.13. The Balaban J connectivity index is 1.36. The van der Waals surface area contributed by atoms with E-state index in [0.717, 1.165) is 10.2 Å².